The minimum absolute atomic E-state index is 0.0242. The molecular weight excluding hydrogens is 479 g/mol. The fourth-order valence-electron chi connectivity index (χ4n) is 5.08. The molecule has 0 radical (unpaired) electrons. The number of amides is 1. The van der Waals surface area contributed by atoms with E-state index in [0.29, 0.717) is 21.1 Å². The first-order valence-corrected chi connectivity index (χ1v) is 12.7. The van der Waals surface area contributed by atoms with Gasteiger partial charge in [0.05, 0.1) is 16.8 Å². The molecule has 2 aliphatic rings. The Hall–Kier alpha value is -1.66. The standard InChI is InChI=1S/C25H31Cl3N4O/c1-16(21-7-5-18(26)14-23(21)28)30-24-15-20(6-8-22(24)27)32-11-9-31(10-12-32)19-4-2-3-17(13-19)25(29)33/h5-8,14-17,19,30H,2-4,9-13H2,1H3,(H2,29,33)/t16-,17-,19-/m1/s1. The van der Waals surface area contributed by atoms with Crippen molar-refractivity contribution in [2.75, 3.05) is 36.4 Å². The van der Waals surface area contributed by atoms with E-state index in [-0.39, 0.29) is 17.9 Å². The second kappa shape index (κ2) is 10.7. The lowest BCUT2D eigenvalue weighted by molar-refractivity contribution is -0.123. The number of carbonyl (C=O) groups is 1. The van der Waals surface area contributed by atoms with E-state index >= 15 is 0 Å². The molecule has 1 aliphatic heterocycles. The van der Waals surface area contributed by atoms with Crippen molar-refractivity contribution in [1.29, 1.82) is 0 Å². The summed E-state index contributed by atoms with van der Waals surface area (Å²) in [6, 6.07) is 12.1. The molecule has 1 saturated heterocycles. The predicted octanol–water partition coefficient (Wildman–Crippen LogP) is 5.99. The van der Waals surface area contributed by atoms with Gasteiger partial charge in [-0.3, -0.25) is 9.69 Å². The third-order valence-corrected chi connectivity index (χ3v) is 7.89. The summed E-state index contributed by atoms with van der Waals surface area (Å²) >= 11 is 18.9. The van der Waals surface area contributed by atoms with E-state index in [1.165, 1.54) is 0 Å². The normalized spacial score (nSPS) is 22.7. The zero-order valence-electron chi connectivity index (χ0n) is 18.9. The van der Waals surface area contributed by atoms with Gasteiger partial charge in [-0.2, -0.15) is 0 Å². The Kier molecular flexibility index (Phi) is 7.95. The lowest BCUT2D eigenvalue weighted by Crippen LogP contribution is -2.52. The van der Waals surface area contributed by atoms with E-state index in [4.69, 9.17) is 40.5 Å². The van der Waals surface area contributed by atoms with Crippen molar-refractivity contribution in [1.82, 2.24) is 4.90 Å². The van der Waals surface area contributed by atoms with Gasteiger partial charge in [-0.15, -0.1) is 0 Å². The van der Waals surface area contributed by atoms with Crippen LogP contribution < -0.4 is 16.0 Å². The molecule has 1 amide bonds. The highest BCUT2D eigenvalue weighted by Crippen LogP contribution is 2.34. The maximum absolute atomic E-state index is 11.6. The highest BCUT2D eigenvalue weighted by Gasteiger charge is 2.31. The van der Waals surface area contributed by atoms with Crippen molar-refractivity contribution >= 4 is 52.1 Å². The smallest absolute Gasteiger partial charge is 0.220 e. The monoisotopic (exact) mass is 508 g/mol. The Bertz CT molecular complexity index is 994. The van der Waals surface area contributed by atoms with E-state index in [1.54, 1.807) is 6.07 Å². The Labute approximate surface area is 211 Å². The van der Waals surface area contributed by atoms with Crippen molar-refractivity contribution in [3.8, 4) is 0 Å². The van der Waals surface area contributed by atoms with Crippen LogP contribution in [0.4, 0.5) is 11.4 Å². The maximum Gasteiger partial charge on any atom is 0.220 e. The molecule has 0 bridgehead atoms. The summed E-state index contributed by atoms with van der Waals surface area (Å²) in [4.78, 5) is 16.6. The molecular formula is C25H31Cl3N4O. The largest absolute Gasteiger partial charge is 0.377 e. The quantitative estimate of drug-likeness (QED) is 0.502. The summed E-state index contributed by atoms with van der Waals surface area (Å²) in [7, 11) is 0. The molecule has 1 saturated carbocycles. The van der Waals surface area contributed by atoms with Gasteiger partial charge in [-0.05, 0) is 62.1 Å². The zero-order valence-corrected chi connectivity index (χ0v) is 21.1. The fourth-order valence-corrected chi connectivity index (χ4v) is 5.83. The van der Waals surface area contributed by atoms with Crippen LogP contribution in [-0.2, 0) is 4.79 Å². The lowest BCUT2D eigenvalue weighted by Gasteiger charge is -2.42. The minimum Gasteiger partial charge on any atom is -0.377 e. The van der Waals surface area contributed by atoms with Gasteiger partial charge in [-0.25, -0.2) is 0 Å². The molecule has 1 heterocycles. The Morgan fingerprint density at radius 2 is 1.79 bits per heavy atom. The number of rotatable bonds is 6. The number of nitrogens with one attached hydrogen (secondary N) is 1. The Morgan fingerprint density at radius 3 is 2.48 bits per heavy atom. The first kappa shape index (κ1) is 24.5. The fraction of sp³-hybridized carbons (Fsp3) is 0.480. The molecule has 3 atom stereocenters. The molecule has 2 aromatic rings. The van der Waals surface area contributed by atoms with Crippen LogP contribution in [0.2, 0.25) is 15.1 Å². The number of hydrogen-bond acceptors (Lipinski definition) is 4. The number of primary amides is 1. The lowest BCUT2D eigenvalue weighted by atomic mass is 9.84. The summed E-state index contributed by atoms with van der Waals surface area (Å²) in [6.45, 7) is 5.91. The van der Waals surface area contributed by atoms with Crippen LogP contribution in [0.1, 0.15) is 44.2 Å². The van der Waals surface area contributed by atoms with E-state index in [1.807, 2.05) is 18.2 Å². The molecule has 2 aromatic carbocycles. The van der Waals surface area contributed by atoms with Gasteiger partial charge in [0.2, 0.25) is 5.91 Å². The van der Waals surface area contributed by atoms with E-state index in [0.717, 1.165) is 68.8 Å². The van der Waals surface area contributed by atoms with E-state index < -0.39 is 0 Å². The third kappa shape index (κ3) is 5.89. The molecule has 3 N–H and O–H groups in total. The SMILES string of the molecule is C[C@@H](Nc1cc(N2CCN([C@@H]3CCC[C@@H](C(N)=O)C3)CC2)ccc1Cl)c1ccc(Cl)cc1Cl. The van der Waals surface area contributed by atoms with E-state index in [9.17, 15) is 4.79 Å². The molecule has 8 heteroatoms. The molecule has 2 fully saturated rings. The highest BCUT2D eigenvalue weighted by molar-refractivity contribution is 6.35. The predicted molar refractivity (Wildman–Crippen MR) is 139 cm³/mol. The molecule has 5 nitrogen and oxygen atoms in total. The van der Waals surface area contributed by atoms with Crippen molar-refractivity contribution < 1.29 is 4.79 Å². The van der Waals surface area contributed by atoms with Gasteiger partial charge in [-0.1, -0.05) is 47.3 Å². The highest BCUT2D eigenvalue weighted by atomic mass is 35.5. The zero-order chi connectivity index (χ0) is 23.5. The van der Waals surface area contributed by atoms with Crippen LogP contribution in [0.15, 0.2) is 36.4 Å². The summed E-state index contributed by atoms with van der Waals surface area (Å²) in [5.74, 6) is -0.114. The average Bonchev–Trinajstić information content (AvgIpc) is 2.80. The van der Waals surface area contributed by atoms with Gasteiger partial charge >= 0.3 is 0 Å². The molecule has 0 unspecified atom stereocenters. The second-order valence-corrected chi connectivity index (χ2v) is 10.4. The van der Waals surface area contributed by atoms with Crippen molar-refractivity contribution in [3.05, 3.63) is 57.0 Å². The van der Waals surface area contributed by atoms with Crippen LogP contribution in [0.25, 0.3) is 0 Å². The molecule has 0 spiro atoms. The summed E-state index contributed by atoms with van der Waals surface area (Å²) in [5, 5.41) is 5.43. The van der Waals surface area contributed by atoms with Crippen LogP contribution in [0.5, 0.6) is 0 Å². The number of hydrogen-bond donors (Lipinski definition) is 2. The number of carbonyl (C=O) groups excluding carboxylic acids is 1. The van der Waals surface area contributed by atoms with Crippen molar-refractivity contribution in [2.24, 2.45) is 11.7 Å². The van der Waals surface area contributed by atoms with Gasteiger partial charge in [0.15, 0.2) is 0 Å². The molecule has 33 heavy (non-hydrogen) atoms. The van der Waals surface area contributed by atoms with Gasteiger partial charge < -0.3 is 16.0 Å². The van der Waals surface area contributed by atoms with Gasteiger partial charge in [0.1, 0.15) is 0 Å². The topological polar surface area (TPSA) is 61.6 Å². The summed E-state index contributed by atoms with van der Waals surface area (Å²) < 4.78 is 0. The Balaban J connectivity index is 1.39. The first-order chi connectivity index (χ1) is 15.8. The minimum atomic E-state index is -0.145. The van der Waals surface area contributed by atoms with Crippen LogP contribution >= 0.6 is 34.8 Å². The van der Waals surface area contributed by atoms with Gasteiger partial charge in [0.25, 0.3) is 0 Å². The molecule has 1 aliphatic carbocycles. The number of nitrogens with zero attached hydrogens (tertiary/aromatic N) is 2. The summed E-state index contributed by atoms with van der Waals surface area (Å²) in [5.41, 5.74) is 8.57. The number of piperazine rings is 1. The van der Waals surface area contributed by atoms with Crippen molar-refractivity contribution in [2.45, 2.75) is 44.7 Å². The van der Waals surface area contributed by atoms with Crippen LogP contribution in [0, 0.1) is 5.92 Å². The third-order valence-electron chi connectivity index (χ3n) is 7.00. The van der Waals surface area contributed by atoms with E-state index in [2.05, 4.69) is 34.2 Å². The van der Waals surface area contributed by atoms with Crippen LogP contribution in [0.3, 0.4) is 0 Å². The molecule has 4 rings (SSSR count). The van der Waals surface area contributed by atoms with Crippen molar-refractivity contribution in [3.63, 3.8) is 0 Å². The number of anilines is 2. The van der Waals surface area contributed by atoms with Gasteiger partial charge in [0, 0.05) is 53.9 Å². The second-order valence-electron chi connectivity index (χ2n) is 9.14. The Morgan fingerprint density at radius 1 is 1.03 bits per heavy atom. The molecule has 0 aromatic heterocycles. The molecule has 178 valence electrons. The number of halogens is 3. The number of benzene rings is 2. The maximum atomic E-state index is 11.6. The van der Waals surface area contributed by atoms with Crippen LogP contribution in [-0.4, -0.2) is 43.0 Å². The average molecular weight is 510 g/mol. The summed E-state index contributed by atoms with van der Waals surface area (Å²) in [6.07, 6.45) is 4.08. The first-order valence-electron chi connectivity index (χ1n) is 11.6. The number of nitrogens with two attached hydrogens (primary N) is 1.